The molecule has 0 aliphatic carbocycles. The zero-order valence-electron chi connectivity index (χ0n) is 17.2. The van der Waals surface area contributed by atoms with Gasteiger partial charge in [-0.3, -0.25) is 9.59 Å². The summed E-state index contributed by atoms with van der Waals surface area (Å²) in [5.41, 5.74) is 1.61. The minimum atomic E-state index is -0.730. The number of para-hydroxylation sites is 1. The van der Waals surface area contributed by atoms with E-state index in [0.29, 0.717) is 29.6 Å². The topological polar surface area (TPSA) is 110 Å². The second-order valence-electron chi connectivity index (χ2n) is 7.15. The van der Waals surface area contributed by atoms with Crippen LogP contribution in [0.1, 0.15) is 17.9 Å². The maximum atomic E-state index is 12.9. The van der Waals surface area contributed by atoms with Crippen molar-refractivity contribution in [3.8, 4) is 11.6 Å². The minimum absolute atomic E-state index is 0.101. The molecule has 0 fully saturated rings. The molecule has 162 valence electrons. The number of rotatable bonds is 9. The van der Waals surface area contributed by atoms with E-state index in [2.05, 4.69) is 20.8 Å². The van der Waals surface area contributed by atoms with Crippen molar-refractivity contribution in [2.75, 3.05) is 5.32 Å². The molecule has 0 saturated carbocycles. The lowest BCUT2D eigenvalue weighted by molar-refractivity contribution is -0.126. The number of benzene rings is 2. The summed E-state index contributed by atoms with van der Waals surface area (Å²) in [6, 6.07) is 21.4. The summed E-state index contributed by atoms with van der Waals surface area (Å²) in [6.07, 6.45) is 2.24. The van der Waals surface area contributed by atoms with Gasteiger partial charge in [0.2, 0.25) is 23.5 Å². The maximum absolute atomic E-state index is 12.9. The van der Waals surface area contributed by atoms with Crippen LogP contribution in [0.25, 0.3) is 11.6 Å². The lowest BCUT2D eigenvalue weighted by Gasteiger charge is -2.18. The summed E-state index contributed by atoms with van der Waals surface area (Å²) in [5, 5.41) is 9.54. The largest absolute Gasteiger partial charge is 0.461 e. The van der Waals surface area contributed by atoms with Crippen LogP contribution in [0.15, 0.2) is 88.0 Å². The molecular formula is C24H22N4O4. The van der Waals surface area contributed by atoms with Gasteiger partial charge in [0.15, 0.2) is 5.76 Å². The molecule has 0 bridgehead atoms. The Morgan fingerprint density at radius 1 is 0.938 bits per heavy atom. The number of hydrogen-bond acceptors (Lipinski definition) is 6. The third-order valence-electron chi connectivity index (χ3n) is 4.75. The Kier molecular flexibility index (Phi) is 6.72. The average Bonchev–Trinajstić information content (AvgIpc) is 3.51. The van der Waals surface area contributed by atoms with Gasteiger partial charge in [-0.2, -0.15) is 4.98 Å². The van der Waals surface area contributed by atoms with Crippen LogP contribution in [0.5, 0.6) is 0 Å². The molecule has 2 N–H and O–H groups in total. The van der Waals surface area contributed by atoms with Gasteiger partial charge in [-0.25, -0.2) is 0 Å². The van der Waals surface area contributed by atoms with Gasteiger partial charge in [0, 0.05) is 24.9 Å². The number of carbonyl (C=O) groups is 2. The summed E-state index contributed by atoms with van der Waals surface area (Å²) < 4.78 is 10.4. The fraction of sp³-hybridized carbons (Fsp3) is 0.167. The van der Waals surface area contributed by atoms with E-state index in [1.165, 1.54) is 6.26 Å². The first kappa shape index (κ1) is 21.0. The van der Waals surface area contributed by atoms with Crippen molar-refractivity contribution in [1.82, 2.24) is 15.5 Å². The van der Waals surface area contributed by atoms with Crippen molar-refractivity contribution in [3.05, 3.63) is 90.5 Å². The van der Waals surface area contributed by atoms with Gasteiger partial charge in [-0.05, 0) is 29.8 Å². The third kappa shape index (κ3) is 5.69. The molecule has 8 heteroatoms. The molecule has 1 atom stereocenters. The van der Waals surface area contributed by atoms with Crippen LogP contribution in [0.3, 0.4) is 0 Å². The number of anilines is 1. The molecule has 4 rings (SSSR count). The number of nitrogens with zero attached hydrogens (tertiary/aromatic N) is 2. The van der Waals surface area contributed by atoms with Crippen LogP contribution in [-0.4, -0.2) is 28.0 Å². The van der Waals surface area contributed by atoms with E-state index in [0.717, 1.165) is 5.56 Å². The van der Waals surface area contributed by atoms with E-state index >= 15 is 0 Å². The van der Waals surface area contributed by atoms with Crippen LogP contribution in [0.2, 0.25) is 0 Å². The van der Waals surface area contributed by atoms with Gasteiger partial charge < -0.3 is 19.6 Å². The summed E-state index contributed by atoms with van der Waals surface area (Å²) in [5.74, 6) is 0.567. The highest BCUT2D eigenvalue weighted by Crippen LogP contribution is 2.16. The van der Waals surface area contributed by atoms with Crippen molar-refractivity contribution in [3.63, 3.8) is 0 Å². The van der Waals surface area contributed by atoms with E-state index in [-0.39, 0.29) is 24.7 Å². The Balaban J connectivity index is 1.38. The van der Waals surface area contributed by atoms with E-state index < -0.39 is 6.04 Å². The first-order valence-electron chi connectivity index (χ1n) is 10.2. The molecule has 0 aliphatic rings. The Bertz CT molecular complexity index is 1140. The quantitative estimate of drug-likeness (QED) is 0.420. The van der Waals surface area contributed by atoms with Gasteiger partial charge in [-0.15, -0.1) is 0 Å². The SMILES string of the molecule is O=C(CCc1nc(-c2ccco2)no1)NC(Cc1ccccc1)C(=O)Nc1ccccc1. The highest BCUT2D eigenvalue weighted by molar-refractivity contribution is 5.97. The van der Waals surface area contributed by atoms with Crippen LogP contribution in [-0.2, 0) is 22.4 Å². The first-order chi connectivity index (χ1) is 15.7. The number of aryl methyl sites for hydroxylation is 1. The first-order valence-corrected chi connectivity index (χ1v) is 10.2. The number of carbonyl (C=O) groups excluding carboxylic acids is 2. The summed E-state index contributed by atoms with van der Waals surface area (Å²) in [4.78, 5) is 29.7. The van der Waals surface area contributed by atoms with Gasteiger partial charge in [0.25, 0.3) is 0 Å². The summed E-state index contributed by atoms with van der Waals surface area (Å²) >= 11 is 0. The number of furan rings is 1. The zero-order valence-corrected chi connectivity index (χ0v) is 17.2. The number of aromatic nitrogens is 2. The van der Waals surface area contributed by atoms with Crippen molar-refractivity contribution >= 4 is 17.5 Å². The molecule has 8 nitrogen and oxygen atoms in total. The molecule has 32 heavy (non-hydrogen) atoms. The summed E-state index contributed by atoms with van der Waals surface area (Å²) in [7, 11) is 0. The lowest BCUT2D eigenvalue weighted by atomic mass is 10.0. The third-order valence-corrected chi connectivity index (χ3v) is 4.75. The Morgan fingerprint density at radius 3 is 2.41 bits per heavy atom. The molecular weight excluding hydrogens is 408 g/mol. The van der Waals surface area contributed by atoms with Gasteiger partial charge in [0.1, 0.15) is 6.04 Å². The van der Waals surface area contributed by atoms with Crippen LogP contribution in [0.4, 0.5) is 5.69 Å². The molecule has 0 spiro atoms. The second-order valence-corrected chi connectivity index (χ2v) is 7.15. The van der Waals surface area contributed by atoms with Crippen molar-refractivity contribution in [2.24, 2.45) is 0 Å². The van der Waals surface area contributed by atoms with Gasteiger partial charge >= 0.3 is 0 Å². The fourth-order valence-corrected chi connectivity index (χ4v) is 3.16. The Hall–Kier alpha value is -4.20. The number of nitrogens with one attached hydrogen (secondary N) is 2. The molecule has 4 aromatic rings. The standard InChI is InChI=1S/C24H22N4O4/c29-21(13-14-22-27-23(28-32-22)20-12-7-15-31-20)26-19(16-17-8-3-1-4-9-17)24(30)25-18-10-5-2-6-11-18/h1-12,15,19H,13-14,16H2,(H,25,30)(H,26,29). The van der Waals surface area contributed by atoms with Crippen LogP contribution < -0.4 is 10.6 Å². The predicted molar refractivity (Wildman–Crippen MR) is 117 cm³/mol. The molecule has 0 saturated heterocycles. The van der Waals surface area contributed by atoms with Crippen molar-refractivity contribution in [1.29, 1.82) is 0 Å². The van der Waals surface area contributed by atoms with E-state index in [4.69, 9.17) is 8.94 Å². The molecule has 2 aromatic heterocycles. The van der Waals surface area contributed by atoms with Crippen molar-refractivity contribution in [2.45, 2.75) is 25.3 Å². The number of hydrogen-bond donors (Lipinski definition) is 2. The smallest absolute Gasteiger partial charge is 0.247 e. The second kappa shape index (κ2) is 10.2. The van der Waals surface area contributed by atoms with Gasteiger partial charge in [0.05, 0.1) is 6.26 Å². The van der Waals surface area contributed by atoms with Gasteiger partial charge in [-0.1, -0.05) is 53.7 Å². The monoisotopic (exact) mass is 430 g/mol. The Labute approximate surface area is 184 Å². The highest BCUT2D eigenvalue weighted by Gasteiger charge is 2.22. The van der Waals surface area contributed by atoms with E-state index in [9.17, 15) is 9.59 Å². The molecule has 2 aromatic carbocycles. The van der Waals surface area contributed by atoms with E-state index in [1.807, 2.05) is 48.5 Å². The molecule has 2 amide bonds. The minimum Gasteiger partial charge on any atom is -0.461 e. The summed E-state index contributed by atoms with van der Waals surface area (Å²) in [6.45, 7) is 0. The highest BCUT2D eigenvalue weighted by atomic mass is 16.5. The average molecular weight is 430 g/mol. The maximum Gasteiger partial charge on any atom is 0.247 e. The molecule has 1 unspecified atom stereocenters. The Morgan fingerprint density at radius 2 is 1.69 bits per heavy atom. The predicted octanol–water partition coefficient (Wildman–Crippen LogP) is 3.63. The normalized spacial score (nSPS) is 11.6. The van der Waals surface area contributed by atoms with Crippen LogP contribution >= 0.6 is 0 Å². The van der Waals surface area contributed by atoms with E-state index in [1.54, 1.807) is 24.3 Å². The van der Waals surface area contributed by atoms with Crippen LogP contribution in [0, 0.1) is 0 Å². The number of amides is 2. The molecule has 0 aliphatic heterocycles. The molecule has 0 radical (unpaired) electrons. The lowest BCUT2D eigenvalue weighted by Crippen LogP contribution is -2.45. The zero-order chi connectivity index (χ0) is 22.2. The molecule has 2 heterocycles. The van der Waals surface area contributed by atoms with Crippen molar-refractivity contribution < 1.29 is 18.5 Å². The fourth-order valence-electron chi connectivity index (χ4n) is 3.16.